The first-order chi connectivity index (χ1) is 8.06. The first-order valence-corrected chi connectivity index (χ1v) is 5.90. The van der Waals surface area contributed by atoms with Gasteiger partial charge < -0.3 is 10.2 Å². The zero-order valence-electron chi connectivity index (χ0n) is 10.9. The van der Waals surface area contributed by atoms with E-state index < -0.39 is 0 Å². The standard InChI is InChI=1S/C12H20N4O/c1-5-16(6-2)12-7-11(13-8-9(3)17)14-10(4)15-12/h7H,5-6,8H2,1-4H3,(H,13,14,15). The Morgan fingerprint density at radius 3 is 2.53 bits per heavy atom. The molecule has 0 atom stereocenters. The maximum Gasteiger partial charge on any atom is 0.148 e. The van der Waals surface area contributed by atoms with Crippen molar-refractivity contribution < 1.29 is 4.79 Å². The van der Waals surface area contributed by atoms with E-state index in [1.807, 2.05) is 13.0 Å². The number of rotatable bonds is 6. The van der Waals surface area contributed by atoms with Gasteiger partial charge in [-0.3, -0.25) is 4.79 Å². The van der Waals surface area contributed by atoms with Gasteiger partial charge in [-0.15, -0.1) is 0 Å². The average molecular weight is 236 g/mol. The van der Waals surface area contributed by atoms with E-state index in [1.165, 1.54) is 0 Å². The molecule has 1 aromatic rings. The van der Waals surface area contributed by atoms with Gasteiger partial charge in [0.05, 0.1) is 6.54 Å². The van der Waals surface area contributed by atoms with Gasteiger partial charge in [-0.2, -0.15) is 0 Å². The van der Waals surface area contributed by atoms with E-state index in [-0.39, 0.29) is 5.78 Å². The second-order valence-electron chi connectivity index (χ2n) is 3.89. The van der Waals surface area contributed by atoms with Gasteiger partial charge in [0.15, 0.2) is 0 Å². The molecule has 0 radical (unpaired) electrons. The van der Waals surface area contributed by atoms with Crippen LogP contribution < -0.4 is 10.2 Å². The number of carbonyl (C=O) groups is 1. The van der Waals surface area contributed by atoms with Crippen LogP contribution in [0.5, 0.6) is 0 Å². The molecule has 0 unspecified atom stereocenters. The van der Waals surface area contributed by atoms with Crippen molar-refractivity contribution in [3.05, 3.63) is 11.9 Å². The molecule has 17 heavy (non-hydrogen) atoms. The zero-order chi connectivity index (χ0) is 12.8. The molecule has 0 saturated heterocycles. The maximum atomic E-state index is 10.9. The topological polar surface area (TPSA) is 58.1 Å². The number of nitrogens with one attached hydrogen (secondary N) is 1. The molecule has 0 aromatic carbocycles. The van der Waals surface area contributed by atoms with Crippen LogP contribution in [0.3, 0.4) is 0 Å². The van der Waals surface area contributed by atoms with E-state index in [0.29, 0.717) is 18.2 Å². The number of Topliss-reactive ketones (excluding diaryl/α,β-unsaturated/α-hetero) is 1. The quantitative estimate of drug-likeness (QED) is 0.813. The van der Waals surface area contributed by atoms with Crippen LogP contribution in [0.15, 0.2) is 6.07 Å². The van der Waals surface area contributed by atoms with Crippen LogP contribution >= 0.6 is 0 Å². The molecule has 1 heterocycles. The highest BCUT2D eigenvalue weighted by Gasteiger charge is 2.07. The maximum absolute atomic E-state index is 10.9. The molecule has 0 aliphatic rings. The molecule has 94 valence electrons. The lowest BCUT2D eigenvalue weighted by Crippen LogP contribution is -2.24. The average Bonchev–Trinajstić information content (AvgIpc) is 2.27. The Balaban J connectivity index is 2.89. The summed E-state index contributed by atoms with van der Waals surface area (Å²) in [5.41, 5.74) is 0. The molecule has 0 aliphatic heterocycles. The summed E-state index contributed by atoms with van der Waals surface area (Å²) in [6.07, 6.45) is 0. The fourth-order valence-corrected chi connectivity index (χ4v) is 1.57. The lowest BCUT2D eigenvalue weighted by atomic mass is 10.4. The minimum atomic E-state index is 0.0886. The summed E-state index contributed by atoms with van der Waals surface area (Å²) in [7, 11) is 0. The van der Waals surface area contributed by atoms with Crippen LogP contribution in [0.25, 0.3) is 0 Å². The van der Waals surface area contributed by atoms with Crippen LogP contribution in [0.2, 0.25) is 0 Å². The van der Waals surface area contributed by atoms with Crippen molar-refractivity contribution >= 4 is 17.4 Å². The molecule has 5 heteroatoms. The van der Waals surface area contributed by atoms with Gasteiger partial charge in [-0.25, -0.2) is 9.97 Å². The molecule has 1 aromatic heterocycles. The Labute approximate surface area is 102 Å². The second-order valence-corrected chi connectivity index (χ2v) is 3.89. The van der Waals surface area contributed by atoms with Gasteiger partial charge in [-0.05, 0) is 27.7 Å². The summed E-state index contributed by atoms with van der Waals surface area (Å²) in [6.45, 7) is 9.68. The number of aromatic nitrogens is 2. The van der Waals surface area contributed by atoms with Crippen molar-refractivity contribution in [2.75, 3.05) is 29.9 Å². The Bertz CT molecular complexity index is 388. The van der Waals surface area contributed by atoms with Gasteiger partial charge in [-0.1, -0.05) is 0 Å². The normalized spacial score (nSPS) is 10.1. The summed E-state index contributed by atoms with van der Waals surface area (Å²) in [6, 6.07) is 1.88. The van der Waals surface area contributed by atoms with Crippen molar-refractivity contribution in [3.8, 4) is 0 Å². The Kier molecular flexibility index (Phi) is 4.87. The Morgan fingerprint density at radius 1 is 1.35 bits per heavy atom. The van der Waals surface area contributed by atoms with Crippen LogP contribution in [0.1, 0.15) is 26.6 Å². The molecule has 0 saturated carbocycles. The highest BCUT2D eigenvalue weighted by atomic mass is 16.1. The van der Waals surface area contributed by atoms with Gasteiger partial charge in [0.1, 0.15) is 23.2 Å². The number of ketones is 1. The highest BCUT2D eigenvalue weighted by Crippen LogP contribution is 2.15. The SMILES string of the molecule is CCN(CC)c1cc(NCC(C)=O)nc(C)n1. The molecule has 1 N–H and O–H groups in total. The molecular formula is C12H20N4O. The van der Waals surface area contributed by atoms with E-state index >= 15 is 0 Å². The Morgan fingerprint density at radius 2 is 2.00 bits per heavy atom. The third-order valence-corrected chi connectivity index (χ3v) is 2.43. The van der Waals surface area contributed by atoms with Gasteiger partial charge in [0, 0.05) is 19.2 Å². The number of hydrogen-bond donors (Lipinski definition) is 1. The first kappa shape index (κ1) is 13.4. The first-order valence-electron chi connectivity index (χ1n) is 5.90. The lowest BCUT2D eigenvalue weighted by molar-refractivity contribution is -0.115. The Hall–Kier alpha value is -1.65. The van der Waals surface area contributed by atoms with Gasteiger partial charge in [0.25, 0.3) is 0 Å². The van der Waals surface area contributed by atoms with Crippen molar-refractivity contribution in [2.24, 2.45) is 0 Å². The third kappa shape index (κ3) is 4.01. The number of carbonyl (C=O) groups excluding carboxylic acids is 1. The molecule has 0 amide bonds. The van der Waals surface area contributed by atoms with Crippen LogP contribution in [0.4, 0.5) is 11.6 Å². The van der Waals surface area contributed by atoms with Crippen LogP contribution in [0, 0.1) is 6.92 Å². The van der Waals surface area contributed by atoms with E-state index in [4.69, 9.17) is 0 Å². The molecule has 5 nitrogen and oxygen atoms in total. The predicted molar refractivity (Wildman–Crippen MR) is 69.5 cm³/mol. The highest BCUT2D eigenvalue weighted by molar-refractivity contribution is 5.80. The smallest absolute Gasteiger partial charge is 0.148 e. The van der Waals surface area contributed by atoms with Crippen molar-refractivity contribution in [1.29, 1.82) is 0 Å². The summed E-state index contributed by atoms with van der Waals surface area (Å²) in [5.74, 6) is 2.40. The van der Waals surface area contributed by atoms with Crippen molar-refractivity contribution in [3.63, 3.8) is 0 Å². The summed E-state index contributed by atoms with van der Waals surface area (Å²) < 4.78 is 0. The number of hydrogen-bond acceptors (Lipinski definition) is 5. The fourth-order valence-electron chi connectivity index (χ4n) is 1.57. The molecule has 0 spiro atoms. The minimum Gasteiger partial charge on any atom is -0.363 e. The molecule has 0 fully saturated rings. The zero-order valence-corrected chi connectivity index (χ0v) is 10.9. The van der Waals surface area contributed by atoms with Gasteiger partial charge in [0.2, 0.25) is 0 Å². The fraction of sp³-hybridized carbons (Fsp3) is 0.583. The van der Waals surface area contributed by atoms with Crippen molar-refractivity contribution in [1.82, 2.24) is 9.97 Å². The third-order valence-electron chi connectivity index (χ3n) is 2.43. The second kappa shape index (κ2) is 6.18. The number of aryl methyl sites for hydroxylation is 1. The molecular weight excluding hydrogens is 216 g/mol. The lowest BCUT2D eigenvalue weighted by Gasteiger charge is -2.20. The van der Waals surface area contributed by atoms with E-state index in [1.54, 1.807) is 6.92 Å². The van der Waals surface area contributed by atoms with Gasteiger partial charge >= 0.3 is 0 Å². The number of anilines is 2. The van der Waals surface area contributed by atoms with E-state index in [9.17, 15) is 4.79 Å². The largest absolute Gasteiger partial charge is 0.363 e. The monoisotopic (exact) mass is 236 g/mol. The van der Waals surface area contributed by atoms with Crippen LogP contribution in [-0.2, 0) is 4.79 Å². The summed E-state index contributed by atoms with van der Waals surface area (Å²) in [5, 5.41) is 3.00. The molecule has 0 bridgehead atoms. The van der Waals surface area contributed by atoms with E-state index in [0.717, 1.165) is 18.9 Å². The van der Waals surface area contributed by atoms with Crippen LogP contribution in [-0.4, -0.2) is 35.4 Å². The predicted octanol–water partition coefficient (Wildman–Crippen LogP) is 1.63. The minimum absolute atomic E-state index is 0.0886. The van der Waals surface area contributed by atoms with Crippen molar-refractivity contribution in [2.45, 2.75) is 27.7 Å². The van der Waals surface area contributed by atoms with E-state index in [2.05, 4.69) is 34.0 Å². The molecule has 1 rings (SSSR count). The summed E-state index contributed by atoms with van der Waals surface area (Å²) in [4.78, 5) is 21.7. The molecule has 0 aliphatic carbocycles. The summed E-state index contributed by atoms with van der Waals surface area (Å²) >= 11 is 0. The number of nitrogens with zero attached hydrogens (tertiary/aromatic N) is 3.